The summed E-state index contributed by atoms with van der Waals surface area (Å²) in [6, 6.07) is -0.144. The van der Waals surface area contributed by atoms with E-state index in [2.05, 4.69) is 10.9 Å². The number of rotatable bonds is 5. The predicted octanol–water partition coefficient (Wildman–Crippen LogP) is 0.957. The Morgan fingerprint density at radius 2 is 1.80 bits per heavy atom. The zero-order valence-corrected chi connectivity index (χ0v) is 9.57. The number of nitrogens with one attached hydrogen (secondary N) is 2. The SMILES string of the molecule is CCC(C)C(=O)NN(NC(=O)O)C(C)C. The fourth-order valence-electron chi connectivity index (χ4n) is 0.803. The Labute approximate surface area is 89.6 Å². The molecule has 3 N–H and O–H groups in total. The van der Waals surface area contributed by atoms with Gasteiger partial charge >= 0.3 is 6.09 Å². The molecule has 0 aliphatic heterocycles. The molecule has 0 aromatic carbocycles. The van der Waals surface area contributed by atoms with E-state index in [0.717, 1.165) is 0 Å². The van der Waals surface area contributed by atoms with Crippen LogP contribution in [0, 0.1) is 5.92 Å². The lowest BCUT2D eigenvalue weighted by atomic mass is 10.1. The van der Waals surface area contributed by atoms with Crippen LogP contribution in [-0.2, 0) is 4.79 Å². The molecule has 0 aliphatic rings. The van der Waals surface area contributed by atoms with E-state index in [1.54, 1.807) is 20.8 Å². The quantitative estimate of drug-likeness (QED) is 0.599. The normalized spacial score (nSPS) is 12.7. The summed E-state index contributed by atoms with van der Waals surface area (Å²) in [4.78, 5) is 21.9. The van der Waals surface area contributed by atoms with Crippen molar-refractivity contribution in [2.75, 3.05) is 0 Å². The van der Waals surface area contributed by atoms with Crippen LogP contribution < -0.4 is 10.9 Å². The Balaban J connectivity index is 4.28. The Morgan fingerprint density at radius 1 is 1.27 bits per heavy atom. The van der Waals surface area contributed by atoms with Gasteiger partial charge in [0.15, 0.2) is 0 Å². The first-order chi connectivity index (χ1) is 6.88. The maximum Gasteiger partial charge on any atom is 0.420 e. The number of hydrogen-bond donors (Lipinski definition) is 3. The number of amides is 2. The summed E-state index contributed by atoms with van der Waals surface area (Å²) in [6.07, 6.45) is -0.488. The molecule has 0 aromatic heterocycles. The van der Waals surface area contributed by atoms with E-state index >= 15 is 0 Å². The number of hydrogen-bond acceptors (Lipinski definition) is 3. The second-order valence-electron chi connectivity index (χ2n) is 3.67. The van der Waals surface area contributed by atoms with Crippen LogP contribution in [0.5, 0.6) is 0 Å². The van der Waals surface area contributed by atoms with Crippen molar-refractivity contribution in [3.8, 4) is 0 Å². The molecule has 0 aliphatic carbocycles. The first kappa shape index (κ1) is 13.7. The van der Waals surface area contributed by atoms with Gasteiger partial charge in [0.05, 0.1) is 0 Å². The number of carbonyl (C=O) groups is 2. The van der Waals surface area contributed by atoms with Crippen molar-refractivity contribution in [1.29, 1.82) is 0 Å². The molecule has 15 heavy (non-hydrogen) atoms. The maximum atomic E-state index is 11.5. The third-order valence-electron chi connectivity index (χ3n) is 2.02. The van der Waals surface area contributed by atoms with Gasteiger partial charge in [-0.1, -0.05) is 13.8 Å². The highest BCUT2D eigenvalue weighted by Gasteiger charge is 2.17. The minimum absolute atomic E-state index is 0.137. The first-order valence-corrected chi connectivity index (χ1v) is 4.97. The van der Waals surface area contributed by atoms with Gasteiger partial charge in [0.2, 0.25) is 5.91 Å². The van der Waals surface area contributed by atoms with Gasteiger partial charge in [0.1, 0.15) is 0 Å². The van der Waals surface area contributed by atoms with Crippen molar-refractivity contribution in [2.45, 2.75) is 40.2 Å². The molecule has 0 heterocycles. The monoisotopic (exact) mass is 217 g/mol. The van der Waals surface area contributed by atoms with Crippen molar-refractivity contribution in [1.82, 2.24) is 16.0 Å². The van der Waals surface area contributed by atoms with Crippen molar-refractivity contribution in [3.05, 3.63) is 0 Å². The summed E-state index contributed by atoms with van der Waals surface area (Å²) in [5.74, 6) is -0.332. The summed E-state index contributed by atoms with van der Waals surface area (Å²) in [6.45, 7) is 7.23. The van der Waals surface area contributed by atoms with Crippen LogP contribution in [0.3, 0.4) is 0 Å². The van der Waals surface area contributed by atoms with Gasteiger partial charge in [0, 0.05) is 12.0 Å². The topological polar surface area (TPSA) is 81.7 Å². The predicted molar refractivity (Wildman–Crippen MR) is 55.7 cm³/mol. The number of nitrogens with zero attached hydrogens (tertiary/aromatic N) is 1. The lowest BCUT2D eigenvalue weighted by Gasteiger charge is -2.26. The van der Waals surface area contributed by atoms with E-state index in [4.69, 9.17) is 5.11 Å². The van der Waals surface area contributed by atoms with Gasteiger partial charge in [-0.05, 0) is 20.3 Å². The van der Waals surface area contributed by atoms with Crippen LogP contribution in [0.4, 0.5) is 4.79 Å². The molecule has 6 nitrogen and oxygen atoms in total. The zero-order chi connectivity index (χ0) is 12.0. The second-order valence-corrected chi connectivity index (χ2v) is 3.67. The minimum atomic E-state index is -1.20. The summed E-state index contributed by atoms with van der Waals surface area (Å²) in [5.41, 5.74) is 4.61. The van der Waals surface area contributed by atoms with Gasteiger partial charge in [-0.3, -0.25) is 10.2 Å². The smallest absolute Gasteiger partial charge is 0.420 e. The molecule has 0 fully saturated rings. The number of hydrazine groups is 2. The fourth-order valence-corrected chi connectivity index (χ4v) is 0.803. The molecule has 0 spiro atoms. The Morgan fingerprint density at radius 3 is 2.13 bits per heavy atom. The van der Waals surface area contributed by atoms with Crippen LogP contribution >= 0.6 is 0 Å². The highest BCUT2D eigenvalue weighted by atomic mass is 16.4. The largest absolute Gasteiger partial charge is 0.464 e. The van der Waals surface area contributed by atoms with Gasteiger partial charge in [-0.2, -0.15) is 0 Å². The highest BCUT2D eigenvalue weighted by molar-refractivity contribution is 5.77. The Bertz CT molecular complexity index is 231. The molecule has 0 saturated carbocycles. The van der Waals surface area contributed by atoms with E-state index in [0.29, 0.717) is 6.42 Å². The summed E-state index contributed by atoms with van der Waals surface area (Å²) in [5, 5.41) is 9.71. The van der Waals surface area contributed by atoms with Crippen molar-refractivity contribution in [2.24, 2.45) is 5.92 Å². The molecule has 0 bridgehead atoms. The van der Waals surface area contributed by atoms with Gasteiger partial charge < -0.3 is 5.11 Å². The average Bonchev–Trinajstić information content (AvgIpc) is 2.14. The van der Waals surface area contributed by atoms with E-state index in [1.165, 1.54) is 5.12 Å². The molecule has 0 radical (unpaired) electrons. The molecule has 0 aromatic rings. The molecule has 6 heteroatoms. The molecule has 2 amide bonds. The van der Waals surface area contributed by atoms with Crippen LogP contribution in [0.25, 0.3) is 0 Å². The molecule has 0 saturated heterocycles. The molecule has 1 unspecified atom stereocenters. The van der Waals surface area contributed by atoms with Crippen LogP contribution in [0.2, 0.25) is 0 Å². The molecule has 88 valence electrons. The molecule has 1 atom stereocenters. The summed E-state index contributed by atoms with van der Waals surface area (Å²) in [7, 11) is 0. The van der Waals surface area contributed by atoms with E-state index in [1.807, 2.05) is 6.92 Å². The van der Waals surface area contributed by atoms with Gasteiger partial charge in [0.25, 0.3) is 0 Å². The Hall–Kier alpha value is -1.30. The van der Waals surface area contributed by atoms with E-state index in [9.17, 15) is 9.59 Å². The Kier molecular flexibility index (Phi) is 5.69. The second kappa shape index (κ2) is 6.23. The van der Waals surface area contributed by atoms with E-state index in [-0.39, 0.29) is 17.9 Å². The molecular weight excluding hydrogens is 198 g/mol. The van der Waals surface area contributed by atoms with Crippen LogP contribution in [-0.4, -0.2) is 28.3 Å². The van der Waals surface area contributed by atoms with Crippen molar-refractivity contribution >= 4 is 12.0 Å². The summed E-state index contributed by atoms with van der Waals surface area (Å²) >= 11 is 0. The fraction of sp³-hybridized carbons (Fsp3) is 0.778. The number of carbonyl (C=O) groups excluding carboxylic acids is 1. The van der Waals surface area contributed by atoms with Crippen LogP contribution in [0.1, 0.15) is 34.1 Å². The van der Waals surface area contributed by atoms with Crippen molar-refractivity contribution in [3.63, 3.8) is 0 Å². The van der Waals surface area contributed by atoms with E-state index < -0.39 is 6.09 Å². The van der Waals surface area contributed by atoms with Crippen molar-refractivity contribution < 1.29 is 14.7 Å². The molecule has 0 rings (SSSR count). The van der Waals surface area contributed by atoms with Gasteiger partial charge in [-0.25, -0.2) is 10.2 Å². The third-order valence-corrected chi connectivity index (χ3v) is 2.02. The average molecular weight is 217 g/mol. The minimum Gasteiger partial charge on any atom is -0.464 e. The maximum absolute atomic E-state index is 11.5. The lowest BCUT2D eigenvalue weighted by molar-refractivity contribution is -0.131. The van der Waals surface area contributed by atoms with Crippen LogP contribution in [0.15, 0.2) is 0 Å². The lowest BCUT2D eigenvalue weighted by Crippen LogP contribution is -2.56. The third kappa shape index (κ3) is 5.21. The number of carboxylic acid groups (broad SMARTS) is 1. The molecular formula is C9H19N3O3. The first-order valence-electron chi connectivity index (χ1n) is 4.97. The summed E-state index contributed by atoms with van der Waals surface area (Å²) < 4.78 is 0. The standard InChI is InChI=1S/C9H19N3O3/c1-5-7(4)8(13)10-12(6(2)3)11-9(14)15/h6-7,11H,5H2,1-4H3,(H,10,13)(H,14,15). The highest BCUT2D eigenvalue weighted by Crippen LogP contribution is 2.01. The van der Waals surface area contributed by atoms with Gasteiger partial charge in [-0.15, -0.1) is 5.12 Å². The zero-order valence-electron chi connectivity index (χ0n) is 9.57.